The van der Waals surface area contributed by atoms with Crippen molar-refractivity contribution in [2.24, 2.45) is 0 Å². The van der Waals surface area contributed by atoms with Gasteiger partial charge in [0.05, 0.1) is 5.56 Å². The average Bonchev–Trinajstić information content (AvgIpc) is 2.84. The van der Waals surface area contributed by atoms with Gasteiger partial charge in [0.2, 0.25) is 0 Å². The molecule has 1 aromatic rings. The second-order valence-electron chi connectivity index (χ2n) is 5.12. The quantitative estimate of drug-likeness (QED) is 0.861. The van der Waals surface area contributed by atoms with Gasteiger partial charge in [0.15, 0.2) is 0 Å². The highest BCUT2D eigenvalue weighted by molar-refractivity contribution is 7.99. The van der Waals surface area contributed by atoms with Crippen LogP contribution in [0.5, 0.6) is 0 Å². The summed E-state index contributed by atoms with van der Waals surface area (Å²) in [6.07, 6.45) is -0.982. The molecule has 0 amide bonds. The number of thioether (sulfide) groups is 1. The SMILES string of the molecule is CCSC1CCC(NCc2ccccc2C(F)(F)F)C1. The zero-order valence-corrected chi connectivity index (χ0v) is 12.4. The fourth-order valence-corrected chi connectivity index (χ4v) is 3.86. The van der Waals surface area contributed by atoms with E-state index in [2.05, 4.69) is 12.2 Å². The first-order valence-electron chi connectivity index (χ1n) is 7.00. The largest absolute Gasteiger partial charge is 0.416 e. The van der Waals surface area contributed by atoms with Crippen molar-refractivity contribution >= 4 is 11.8 Å². The molecule has 112 valence electrons. The van der Waals surface area contributed by atoms with Crippen molar-refractivity contribution in [1.29, 1.82) is 0 Å². The van der Waals surface area contributed by atoms with Crippen LogP contribution in [0.15, 0.2) is 24.3 Å². The lowest BCUT2D eigenvalue weighted by molar-refractivity contribution is -0.138. The van der Waals surface area contributed by atoms with Crippen LogP contribution in [0.25, 0.3) is 0 Å². The fourth-order valence-electron chi connectivity index (χ4n) is 2.72. The second-order valence-corrected chi connectivity index (χ2v) is 6.70. The summed E-state index contributed by atoms with van der Waals surface area (Å²) in [5, 5.41) is 3.95. The van der Waals surface area contributed by atoms with Crippen LogP contribution < -0.4 is 5.32 Å². The number of hydrogen-bond donors (Lipinski definition) is 1. The van der Waals surface area contributed by atoms with Crippen LogP contribution in [0.4, 0.5) is 13.2 Å². The van der Waals surface area contributed by atoms with Gasteiger partial charge in [-0.15, -0.1) is 0 Å². The smallest absolute Gasteiger partial charge is 0.310 e. The highest BCUT2D eigenvalue weighted by Crippen LogP contribution is 2.33. The number of benzene rings is 1. The van der Waals surface area contributed by atoms with E-state index in [1.807, 2.05) is 11.8 Å². The monoisotopic (exact) mass is 303 g/mol. The summed E-state index contributed by atoms with van der Waals surface area (Å²) in [6, 6.07) is 6.16. The van der Waals surface area contributed by atoms with E-state index in [9.17, 15) is 13.2 Å². The summed E-state index contributed by atoms with van der Waals surface area (Å²) < 4.78 is 38.6. The van der Waals surface area contributed by atoms with Crippen molar-refractivity contribution in [3.8, 4) is 0 Å². The molecule has 0 aliphatic heterocycles. The van der Waals surface area contributed by atoms with Crippen LogP contribution in [0.3, 0.4) is 0 Å². The molecule has 0 bridgehead atoms. The van der Waals surface area contributed by atoms with E-state index in [-0.39, 0.29) is 0 Å². The van der Waals surface area contributed by atoms with E-state index in [0.29, 0.717) is 23.4 Å². The average molecular weight is 303 g/mol. The van der Waals surface area contributed by atoms with Gasteiger partial charge >= 0.3 is 6.18 Å². The lowest BCUT2D eigenvalue weighted by Gasteiger charge is -2.16. The highest BCUT2D eigenvalue weighted by Gasteiger charge is 2.33. The van der Waals surface area contributed by atoms with Gasteiger partial charge in [-0.05, 0) is 36.6 Å². The third kappa shape index (κ3) is 4.16. The molecule has 0 heterocycles. The Kier molecular flexibility index (Phi) is 5.38. The Morgan fingerprint density at radius 2 is 2.00 bits per heavy atom. The first kappa shape index (κ1) is 15.7. The van der Waals surface area contributed by atoms with Crippen molar-refractivity contribution in [1.82, 2.24) is 5.32 Å². The molecule has 20 heavy (non-hydrogen) atoms. The Balaban J connectivity index is 1.92. The van der Waals surface area contributed by atoms with E-state index in [0.717, 1.165) is 31.1 Å². The second kappa shape index (κ2) is 6.85. The Morgan fingerprint density at radius 3 is 2.70 bits per heavy atom. The van der Waals surface area contributed by atoms with Crippen LogP contribution in [0.2, 0.25) is 0 Å². The summed E-state index contributed by atoms with van der Waals surface area (Å²) in [7, 11) is 0. The van der Waals surface area contributed by atoms with Gasteiger partial charge in [-0.1, -0.05) is 25.1 Å². The summed E-state index contributed by atoms with van der Waals surface area (Å²) in [5.41, 5.74) is -0.184. The first-order valence-corrected chi connectivity index (χ1v) is 8.05. The van der Waals surface area contributed by atoms with Gasteiger partial charge in [-0.25, -0.2) is 0 Å². The minimum absolute atomic E-state index is 0.295. The number of alkyl halides is 3. The van der Waals surface area contributed by atoms with Crippen LogP contribution in [-0.2, 0) is 12.7 Å². The van der Waals surface area contributed by atoms with E-state index >= 15 is 0 Å². The summed E-state index contributed by atoms with van der Waals surface area (Å²) >= 11 is 1.95. The van der Waals surface area contributed by atoms with E-state index in [1.165, 1.54) is 6.07 Å². The molecule has 1 aromatic carbocycles. The number of hydrogen-bond acceptors (Lipinski definition) is 2. The van der Waals surface area contributed by atoms with Crippen LogP contribution >= 0.6 is 11.8 Å². The number of nitrogens with one attached hydrogen (secondary N) is 1. The third-order valence-electron chi connectivity index (χ3n) is 3.69. The minimum atomic E-state index is -4.27. The fraction of sp³-hybridized carbons (Fsp3) is 0.600. The molecule has 1 aliphatic rings. The molecule has 2 unspecified atom stereocenters. The molecule has 0 aromatic heterocycles. The maximum absolute atomic E-state index is 12.9. The molecular formula is C15H20F3NS. The Morgan fingerprint density at radius 1 is 1.25 bits per heavy atom. The van der Waals surface area contributed by atoms with Gasteiger partial charge in [0, 0.05) is 17.8 Å². The van der Waals surface area contributed by atoms with Crippen molar-refractivity contribution in [3.05, 3.63) is 35.4 Å². The predicted octanol–water partition coefficient (Wildman–Crippen LogP) is 4.47. The standard InChI is InChI=1S/C15H20F3NS/c1-2-20-13-8-7-12(9-13)19-10-11-5-3-4-6-14(11)15(16,17)18/h3-6,12-13,19H,2,7-10H2,1H3. The summed E-state index contributed by atoms with van der Waals surface area (Å²) in [5.74, 6) is 1.11. The summed E-state index contributed by atoms with van der Waals surface area (Å²) in [4.78, 5) is 0. The zero-order chi connectivity index (χ0) is 14.6. The predicted molar refractivity (Wildman–Crippen MR) is 77.8 cm³/mol. The van der Waals surface area contributed by atoms with E-state index in [4.69, 9.17) is 0 Å². The molecule has 1 nitrogen and oxygen atoms in total. The molecule has 5 heteroatoms. The zero-order valence-electron chi connectivity index (χ0n) is 11.5. The van der Waals surface area contributed by atoms with Gasteiger partial charge in [-0.2, -0.15) is 24.9 Å². The number of rotatable bonds is 5. The first-order chi connectivity index (χ1) is 9.50. The third-order valence-corrected chi connectivity index (χ3v) is 4.92. The Labute approximate surface area is 122 Å². The molecule has 0 spiro atoms. The van der Waals surface area contributed by atoms with Gasteiger partial charge in [0.1, 0.15) is 0 Å². The lowest BCUT2D eigenvalue weighted by Crippen LogP contribution is -2.27. The Bertz CT molecular complexity index is 433. The molecule has 2 atom stereocenters. The van der Waals surface area contributed by atoms with Crippen LogP contribution in [0.1, 0.15) is 37.3 Å². The molecule has 0 saturated heterocycles. The van der Waals surface area contributed by atoms with Crippen molar-refractivity contribution < 1.29 is 13.2 Å². The maximum Gasteiger partial charge on any atom is 0.416 e. The van der Waals surface area contributed by atoms with Crippen molar-refractivity contribution in [2.45, 2.75) is 50.2 Å². The highest BCUT2D eigenvalue weighted by atomic mass is 32.2. The molecule has 0 radical (unpaired) electrons. The minimum Gasteiger partial charge on any atom is -0.310 e. The van der Waals surface area contributed by atoms with Crippen LogP contribution in [0, 0.1) is 0 Å². The maximum atomic E-state index is 12.9. The van der Waals surface area contributed by atoms with Gasteiger partial charge in [0.25, 0.3) is 0 Å². The van der Waals surface area contributed by atoms with Crippen LogP contribution in [-0.4, -0.2) is 17.0 Å². The molecule has 2 rings (SSSR count). The molecular weight excluding hydrogens is 283 g/mol. The topological polar surface area (TPSA) is 12.0 Å². The molecule has 1 N–H and O–H groups in total. The Hall–Kier alpha value is -0.680. The van der Waals surface area contributed by atoms with Gasteiger partial charge in [-0.3, -0.25) is 0 Å². The van der Waals surface area contributed by atoms with Crippen molar-refractivity contribution in [3.63, 3.8) is 0 Å². The van der Waals surface area contributed by atoms with Crippen molar-refractivity contribution in [2.75, 3.05) is 5.75 Å². The lowest BCUT2D eigenvalue weighted by atomic mass is 10.1. The molecule has 1 aliphatic carbocycles. The normalized spacial score (nSPS) is 23.2. The molecule has 1 fully saturated rings. The number of halogens is 3. The van der Waals surface area contributed by atoms with Gasteiger partial charge < -0.3 is 5.32 Å². The molecule has 1 saturated carbocycles. The van der Waals surface area contributed by atoms with E-state index in [1.54, 1.807) is 12.1 Å². The van der Waals surface area contributed by atoms with E-state index < -0.39 is 11.7 Å². The summed E-state index contributed by atoms with van der Waals surface area (Å²) in [6.45, 7) is 2.44.